The molecule has 0 radical (unpaired) electrons. The first kappa shape index (κ1) is 26.1. The molecule has 0 aliphatic carbocycles. The maximum atomic E-state index is 14.1. The van der Waals surface area contributed by atoms with E-state index < -0.39 is 34.9 Å². The van der Waals surface area contributed by atoms with Gasteiger partial charge in [0.05, 0.1) is 12.1 Å². The van der Waals surface area contributed by atoms with Gasteiger partial charge in [0.25, 0.3) is 11.8 Å². The molecule has 11 heteroatoms. The molecule has 2 aromatic carbocycles. The van der Waals surface area contributed by atoms with Gasteiger partial charge in [0.1, 0.15) is 30.5 Å². The lowest BCUT2D eigenvalue weighted by atomic mass is 10.1. The maximum Gasteiger partial charge on any atom is 0.278 e. The Kier molecular flexibility index (Phi) is 6.90. The Morgan fingerprint density at radius 3 is 2.54 bits per heavy atom. The lowest BCUT2D eigenvalue weighted by molar-refractivity contribution is -0.122. The monoisotopic (exact) mass is 536 g/mol. The van der Waals surface area contributed by atoms with Gasteiger partial charge in [-0.05, 0) is 25.5 Å². The van der Waals surface area contributed by atoms with Crippen LogP contribution in [0.5, 0.6) is 5.75 Å². The number of pyridine rings is 1. The minimum atomic E-state index is -0.841. The second-order valence-corrected chi connectivity index (χ2v) is 9.64. The number of carbonyl (C=O) groups is 3. The summed E-state index contributed by atoms with van der Waals surface area (Å²) in [5.74, 6) is -3.44. The van der Waals surface area contributed by atoms with Crippen LogP contribution in [0.25, 0.3) is 0 Å². The molecule has 202 valence electrons. The number of hydrogen-bond acceptors (Lipinski definition) is 6. The third-order valence-corrected chi connectivity index (χ3v) is 7.05. The van der Waals surface area contributed by atoms with E-state index in [1.54, 1.807) is 36.2 Å². The molecule has 2 aliphatic rings. The molecule has 1 aromatic heterocycles. The smallest absolute Gasteiger partial charge is 0.278 e. The van der Waals surface area contributed by atoms with Gasteiger partial charge in [-0.2, -0.15) is 0 Å². The van der Waals surface area contributed by atoms with E-state index in [-0.39, 0.29) is 60.6 Å². The molecule has 2 atom stereocenters. The molecule has 2 aliphatic heterocycles. The van der Waals surface area contributed by atoms with E-state index in [0.29, 0.717) is 6.07 Å². The minimum absolute atomic E-state index is 0.0304. The van der Waals surface area contributed by atoms with Crippen molar-refractivity contribution in [2.75, 3.05) is 11.7 Å². The maximum absolute atomic E-state index is 14.1. The number of benzene rings is 2. The summed E-state index contributed by atoms with van der Waals surface area (Å²) >= 11 is 0. The molecular weight excluding hydrogens is 510 g/mol. The van der Waals surface area contributed by atoms with E-state index in [2.05, 4.69) is 5.32 Å². The highest BCUT2D eigenvalue weighted by atomic mass is 19.1. The van der Waals surface area contributed by atoms with Crippen LogP contribution in [-0.2, 0) is 17.9 Å². The van der Waals surface area contributed by atoms with E-state index in [9.17, 15) is 28.0 Å². The van der Waals surface area contributed by atoms with Crippen molar-refractivity contribution in [2.45, 2.75) is 45.5 Å². The number of ketones is 1. The van der Waals surface area contributed by atoms with Gasteiger partial charge in [0.15, 0.2) is 17.2 Å². The SMILES string of the molecule is C[C@@H]1CC(=O)[C@H](C)N2CN1n1cc(C(=O)NCc3ccc(F)cc3F)c(=O)c(OCc3ccccc3)c1C2=O. The molecule has 0 saturated carbocycles. The van der Waals surface area contributed by atoms with Gasteiger partial charge in [0.2, 0.25) is 5.43 Å². The number of rotatable bonds is 6. The third kappa shape index (κ3) is 4.87. The zero-order valence-electron chi connectivity index (χ0n) is 21.3. The molecule has 0 spiro atoms. The summed E-state index contributed by atoms with van der Waals surface area (Å²) in [4.78, 5) is 54.5. The van der Waals surface area contributed by atoms with Crippen molar-refractivity contribution in [3.63, 3.8) is 0 Å². The van der Waals surface area contributed by atoms with E-state index in [4.69, 9.17) is 4.74 Å². The normalized spacial score (nSPS) is 18.5. The van der Waals surface area contributed by atoms with E-state index in [0.717, 1.165) is 11.6 Å². The number of Topliss-reactive ketones (excluding diaryl/α,β-unsaturated/α-hetero) is 1. The predicted octanol–water partition coefficient (Wildman–Crippen LogP) is 2.74. The molecule has 39 heavy (non-hydrogen) atoms. The fourth-order valence-electron chi connectivity index (χ4n) is 4.75. The molecule has 2 amide bonds. The molecular formula is C28H26F2N4O5. The number of amides is 2. The average Bonchev–Trinajstić information content (AvgIpc) is 3.01. The molecule has 0 unspecified atom stereocenters. The fraction of sp³-hybridized carbons (Fsp3) is 0.286. The molecule has 5 rings (SSSR count). The number of ether oxygens (including phenoxy) is 1. The van der Waals surface area contributed by atoms with Crippen LogP contribution in [0.4, 0.5) is 8.78 Å². The van der Waals surface area contributed by atoms with Gasteiger partial charge in [-0.3, -0.25) is 28.9 Å². The van der Waals surface area contributed by atoms with Crippen molar-refractivity contribution in [3.8, 4) is 5.75 Å². The Morgan fingerprint density at radius 1 is 1.08 bits per heavy atom. The zero-order chi connectivity index (χ0) is 27.8. The Morgan fingerprint density at radius 2 is 1.82 bits per heavy atom. The third-order valence-electron chi connectivity index (χ3n) is 7.05. The summed E-state index contributed by atoms with van der Waals surface area (Å²) in [6.07, 6.45) is 1.40. The first-order valence-electron chi connectivity index (χ1n) is 12.4. The van der Waals surface area contributed by atoms with Crippen molar-refractivity contribution >= 4 is 17.6 Å². The summed E-state index contributed by atoms with van der Waals surface area (Å²) in [7, 11) is 0. The van der Waals surface area contributed by atoms with Crippen LogP contribution >= 0.6 is 0 Å². The Bertz CT molecular complexity index is 1520. The van der Waals surface area contributed by atoms with Gasteiger partial charge in [-0.15, -0.1) is 0 Å². The topological polar surface area (TPSA) is 101 Å². The number of halogens is 2. The summed E-state index contributed by atoms with van der Waals surface area (Å²) < 4.78 is 34.7. The van der Waals surface area contributed by atoms with Crippen LogP contribution in [0, 0.1) is 11.6 Å². The molecule has 3 aromatic rings. The van der Waals surface area contributed by atoms with E-state index in [1.807, 2.05) is 13.0 Å². The van der Waals surface area contributed by atoms with Gasteiger partial charge >= 0.3 is 0 Å². The van der Waals surface area contributed by atoms with Gasteiger partial charge in [0, 0.05) is 30.8 Å². The first-order valence-corrected chi connectivity index (χ1v) is 12.4. The van der Waals surface area contributed by atoms with Crippen molar-refractivity contribution in [3.05, 3.63) is 99.0 Å². The highest BCUT2D eigenvalue weighted by molar-refractivity contribution is 6.02. The van der Waals surface area contributed by atoms with Gasteiger partial charge < -0.3 is 15.0 Å². The number of hydrogen-bond donors (Lipinski definition) is 1. The number of carbonyl (C=O) groups excluding carboxylic acids is 3. The number of fused-ring (bicyclic) bond motifs is 4. The van der Waals surface area contributed by atoms with Crippen LogP contribution < -0.4 is 20.5 Å². The second-order valence-electron chi connectivity index (χ2n) is 9.64. The average molecular weight is 537 g/mol. The van der Waals surface area contributed by atoms with Crippen LogP contribution in [-0.4, -0.2) is 45.9 Å². The van der Waals surface area contributed by atoms with Crippen LogP contribution in [0.3, 0.4) is 0 Å². The van der Waals surface area contributed by atoms with Crippen LogP contribution in [0.15, 0.2) is 59.5 Å². The Labute approximate surface area is 222 Å². The summed E-state index contributed by atoms with van der Waals surface area (Å²) in [6.45, 7) is 3.18. The molecule has 9 nitrogen and oxygen atoms in total. The molecule has 1 N–H and O–H groups in total. The van der Waals surface area contributed by atoms with Gasteiger partial charge in [-0.1, -0.05) is 36.4 Å². The largest absolute Gasteiger partial charge is 0.482 e. The lowest BCUT2D eigenvalue weighted by Gasteiger charge is -2.41. The number of nitrogens with one attached hydrogen (secondary N) is 1. The molecule has 1 fully saturated rings. The zero-order valence-corrected chi connectivity index (χ0v) is 21.3. The highest BCUT2D eigenvalue weighted by Gasteiger charge is 2.43. The molecule has 2 bridgehead atoms. The van der Waals surface area contributed by atoms with Crippen molar-refractivity contribution in [1.29, 1.82) is 0 Å². The van der Waals surface area contributed by atoms with Crippen molar-refractivity contribution in [1.82, 2.24) is 14.9 Å². The quantitative estimate of drug-likeness (QED) is 0.520. The summed E-state index contributed by atoms with van der Waals surface area (Å²) in [5, 5.41) is 4.22. The molecule has 1 saturated heterocycles. The summed E-state index contributed by atoms with van der Waals surface area (Å²) in [6, 6.07) is 10.9. The van der Waals surface area contributed by atoms with Crippen molar-refractivity contribution in [2.24, 2.45) is 0 Å². The number of aromatic nitrogens is 1. The van der Waals surface area contributed by atoms with Crippen LogP contribution in [0.1, 0.15) is 52.2 Å². The predicted molar refractivity (Wildman–Crippen MR) is 137 cm³/mol. The Hall–Kier alpha value is -4.54. The number of nitrogens with zero attached hydrogens (tertiary/aromatic N) is 3. The minimum Gasteiger partial charge on any atom is -0.482 e. The first-order chi connectivity index (χ1) is 18.7. The Balaban J connectivity index is 1.57. The second kappa shape index (κ2) is 10.3. The van der Waals surface area contributed by atoms with Crippen molar-refractivity contribution < 1.29 is 27.9 Å². The lowest BCUT2D eigenvalue weighted by Crippen LogP contribution is -2.57. The van der Waals surface area contributed by atoms with Gasteiger partial charge in [-0.25, -0.2) is 8.78 Å². The fourth-order valence-corrected chi connectivity index (χ4v) is 4.75. The van der Waals surface area contributed by atoms with E-state index in [1.165, 1.54) is 21.8 Å². The summed E-state index contributed by atoms with van der Waals surface area (Å²) in [5.41, 5.74) is -0.480. The molecule has 3 heterocycles. The standard InChI is InChI=1S/C28H26F2N4O5/c1-16-10-23(35)17(2)32-15-34(16)33-13-21(27(37)31-12-19-8-9-20(29)11-22(19)30)25(36)26(24(33)28(32)38)39-14-18-6-4-3-5-7-18/h3-9,11,13,16-17H,10,12,14-15H2,1-2H3,(H,31,37)/t16-,17+/m1/s1. The van der Waals surface area contributed by atoms with E-state index >= 15 is 0 Å². The van der Waals surface area contributed by atoms with Crippen LogP contribution in [0.2, 0.25) is 0 Å². The highest BCUT2D eigenvalue weighted by Crippen LogP contribution is 2.29.